The lowest BCUT2D eigenvalue weighted by Gasteiger charge is -2.09. The summed E-state index contributed by atoms with van der Waals surface area (Å²) in [5.74, 6) is -2.52. The minimum Gasteiger partial charge on any atom is -0.511 e. The standard InChI is InChI=1S/C15H13F3N2O4.C15H11F3N2O3/c16-15(17,18)9-4-6-10(7-5-9)20-14(24)11(8-19)12(21)2-1-3-13(22)23;1-2-11(21)7-13(22)12(8-19)14(23)20-10-5-3-9(4-6-10)15(16,17)18/h4-7,21H,1-3H2,(H,20,24)(H,22,23);1,3-6,11,21-22H,7H2,(H,20,23)/b12-11-;13-12-. The Hall–Kier alpha value is -5.99. The van der Waals surface area contributed by atoms with Crippen LogP contribution >= 0.6 is 0 Å². The van der Waals surface area contributed by atoms with Crippen molar-refractivity contribution in [3.8, 4) is 24.5 Å². The Kier molecular flexibility index (Phi) is 14.5. The Morgan fingerprint density at radius 2 is 1.11 bits per heavy atom. The molecule has 11 nitrogen and oxygen atoms in total. The Morgan fingerprint density at radius 3 is 1.43 bits per heavy atom. The number of anilines is 2. The number of carboxylic acid groups (broad SMARTS) is 1. The van der Waals surface area contributed by atoms with Crippen molar-refractivity contribution in [1.82, 2.24) is 0 Å². The highest BCUT2D eigenvalue weighted by Crippen LogP contribution is 2.31. The number of carbonyl (C=O) groups excluding carboxylic acids is 2. The first kappa shape index (κ1) is 39.0. The number of hydrogen-bond donors (Lipinski definition) is 6. The van der Waals surface area contributed by atoms with Crippen molar-refractivity contribution in [2.24, 2.45) is 0 Å². The smallest absolute Gasteiger partial charge is 0.416 e. The van der Waals surface area contributed by atoms with Crippen LogP contribution in [0.1, 0.15) is 36.8 Å². The van der Waals surface area contributed by atoms with Gasteiger partial charge in [0.1, 0.15) is 29.8 Å². The monoisotopic (exact) mass is 666 g/mol. The summed E-state index contributed by atoms with van der Waals surface area (Å²) in [6.07, 6.45) is -6.40. The molecule has 17 heteroatoms. The average Bonchev–Trinajstić information content (AvgIpc) is 2.97. The first-order valence-corrected chi connectivity index (χ1v) is 12.8. The topological polar surface area (TPSA) is 204 Å². The van der Waals surface area contributed by atoms with E-state index in [0.717, 1.165) is 48.5 Å². The molecule has 1 atom stereocenters. The van der Waals surface area contributed by atoms with Gasteiger partial charge in [-0.1, -0.05) is 5.92 Å². The SMILES string of the molecule is C#CC(O)C/C(O)=C(\C#N)C(=O)Nc1ccc(C(F)(F)F)cc1.N#C/C(C(=O)Nc1ccc(C(F)(F)F)cc1)=C(/O)CCCC(=O)O. The van der Waals surface area contributed by atoms with Crippen molar-refractivity contribution < 1.29 is 61.2 Å². The zero-order valence-electron chi connectivity index (χ0n) is 23.8. The minimum atomic E-state index is -4.51. The summed E-state index contributed by atoms with van der Waals surface area (Å²) in [4.78, 5) is 34.1. The number of nitrogens with zero attached hydrogens (tertiary/aromatic N) is 2. The molecule has 0 saturated carbocycles. The number of benzene rings is 2. The number of alkyl halides is 6. The summed E-state index contributed by atoms with van der Waals surface area (Å²) in [7, 11) is 0. The summed E-state index contributed by atoms with van der Waals surface area (Å²) in [5.41, 5.74) is -3.10. The summed E-state index contributed by atoms with van der Waals surface area (Å²) in [6.45, 7) is 0. The predicted molar refractivity (Wildman–Crippen MR) is 152 cm³/mol. The van der Waals surface area contributed by atoms with E-state index in [-0.39, 0.29) is 30.6 Å². The molecule has 2 rings (SSSR count). The molecule has 0 spiro atoms. The summed E-state index contributed by atoms with van der Waals surface area (Å²) in [5, 5.41) is 59.1. The average molecular weight is 667 g/mol. The molecule has 47 heavy (non-hydrogen) atoms. The second kappa shape index (κ2) is 17.5. The van der Waals surface area contributed by atoms with Crippen molar-refractivity contribution in [3.63, 3.8) is 0 Å². The second-order valence-corrected chi connectivity index (χ2v) is 9.06. The largest absolute Gasteiger partial charge is 0.511 e. The van der Waals surface area contributed by atoms with Crippen LogP contribution in [0.25, 0.3) is 0 Å². The molecular weight excluding hydrogens is 642 g/mol. The molecule has 0 heterocycles. The first-order chi connectivity index (χ1) is 21.8. The van der Waals surface area contributed by atoms with Gasteiger partial charge in [0.2, 0.25) is 0 Å². The van der Waals surface area contributed by atoms with Crippen LogP contribution in [0.5, 0.6) is 0 Å². The van der Waals surface area contributed by atoms with E-state index in [1.165, 1.54) is 12.1 Å². The van der Waals surface area contributed by atoms with Gasteiger partial charge in [0.25, 0.3) is 11.8 Å². The zero-order chi connectivity index (χ0) is 35.9. The zero-order valence-corrected chi connectivity index (χ0v) is 23.8. The fraction of sp³-hybridized carbons (Fsp3) is 0.233. The number of carbonyl (C=O) groups is 3. The van der Waals surface area contributed by atoms with Crippen LogP contribution < -0.4 is 10.6 Å². The molecule has 0 fully saturated rings. The summed E-state index contributed by atoms with van der Waals surface area (Å²) >= 11 is 0. The molecule has 0 aromatic heterocycles. The van der Waals surface area contributed by atoms with Gasteiger partial charge >= 0.3 is 18.3 Å². The molecule has 2 aromatic carbocycles. The number of aliphatic hydroxyl groups is 3. The summed E-state index contributed by atoms with van der Waals surface area (Å²) in [6, 6.07) is 10.00. The molecular formula is C30H24F6N4O7. The van der Waals surface area contributed by atoms with Crippen molar-refractivity contribution >= 4 is 29.2 Å². The highest BCUT2D eigenvalue weighted by Gasteiger charge is 2.31. The lowest BCUT2D eigenvalue weighted by atomic mass is 10.1. The van der Waals surface area contributed by atoms with Crippen molar-refractivity contribution in [2.75, 3.05) is 10.6 Å². The van der Waals surface area contributed by atoms with E-state index in [2.05, 4.69) is 10.6 Å². The van der Waals surface area contributed by atoms with E-state index in [1.807, 2.05) is 5.92 Å². The Bertz CT molecular complexity index is 1630. The molecule has 0 aliphatic heterocycles. The first-order valence-electron chi connectivity index (χ1n) is 12.8. The number of allylic oxidation sites excluding steroid dienone is 1. The second-order valence-electron chi connectivity index (χ2n) is 9.06. The number of hydrogen-bond acceptors (Lipinski definition) is 8. The number of amides is 2. The van der Waals surface area contributed by atoms with Crippen LogP contribution in [0.2, 0.25) is 0 Å². The third-order valence-electron chi connectivity index (χ3n) is 5.58. The maximum absolute atomic E-state index is 12.4. The Balaban J connectivity index is 0.000000470. The van der Waals surface area contributed by atoms with E-state index in [0.29, 0.717) is 0 Å². The molecule has 1 unspecified atom stereocenters. The van der Waals surface area contributed by atoms with Crippen LogP contribution in [0.15, 0.2) is 71.2 Å². The van der Waals surface area contributed by atoms with Gasteiger partial charge in [-0.15, -0.1) is 6.42 Å². The molecule has 0 saturated heterocycles. The summed E-state index contributed by atoms with van der Waals surface area (Å²) < 4.78 is 74.5. The van der Waals surface area contributed by atoms with Gasteiger partial charge in [-0.3, -0.25) is 14.4 Å². The van der Waals surface area contributed by atoms with Gasteiger partial charge in [-0.25, -0.2) is 0 Å². The van der Waals surface area contributed by atoms with E-state index in [4.69, 9.17) is 22.1 Å². The van der Waals surface area contributed by atoms with Crippen LogP contribution in [0.3, 0.4) is 0 Å². The quantitative estimate of drug-likeness (QED) is 0.0613. The van der Waals surface area contributed by atoms with Crippen LogP contribution in [0, 0.1) is 35.0 Å². The molecule has 0 aliphatic carbocycles. The van der Waals surface area contributed by atoms with Gasteiger partial charge in [-0.2, -0.15) is 36.9 Å². The van der Waals surface area contributed by atoms with Gasteiger partial charge in [0, 0.05) is 30.6 Å². The molecule has 0 radical (unpaired) electrons. The number of nitriles is 2. The molecule has 2 aromatic rings. The Labute approximate surface area is 262 Å². The third-order valence-corrected chi connectivity index (χ3v) is 5.58. The highest BCUT2D eigenvalue weighted by atomic mass is 19.4. The normalized spacial score (nSPS) is 12.7. The molecule has 248 valence electrons. The fourth-order valence-electron chi connectivity index (χ4n) is 3.24. The third kappa shape index (κ3) is 13.3. The number of terminal acetylenes is 1. The van der Waals surface area contributed by atoms with Gasteiger partial charge in [0.15, 0.2) is 11.1 Å². The maximum atomic E-state index is 12.4. The lowest BCUT2D eigenvalue weighted by Crippen LogP contribution is -2.17. The number of aliphatic hydroxyl groups excluding tert-OH is 3. The minimum absolute atomic E-state index is 0.000971. The molecule has 6 N–H and O–H groups in total. The Morgan fingerprint density at radius 1 is 0.723 bits per heavy atom. The fourth-order valence-corrected chi connectivity index (χ4v) is 3.24. The van der Waals surface area contributed by atoms with Crippen molar-refractivity contribution in [3.05, 3.63) is 82.3 Å². The lowest BCUT2D eigenvalue weighted by molar-refractivity contribution is -0.138. The molecule has 2 amide bonds. The van der Waals surface area contributed by atoms with Crippen molar-refractivity contribution in [1.29, 1.82) is 10.5 Å². The van der Waals surface area contributed by atoms with Crippen LogP contribution in [0.4, 0.5) is 37.7 Å². The maximum Gasteiger partial charge on any atom is 0.416 e. The number of aliphatic carboxylic acids is 1. The van der Waals surface area contributed by atoms with Gasteiger partial charge in [-0.05, 0) is 55.0 Å². The number of rotatable bonds is 10. The van der Waals surface area contributed by atoms with Gasteiger partial charge < -0.3 is 31.1 Å². The molecule has 0 bridgehead atoms. The van der Waals surface area contributed by atoms with E-state index in [1.54, 1.807) is 0 Å². The van der Waals surface area contributed by atoms with Crippen molar-refractivity contribution in [2.45, 2.75) is 44.1 Å². The van der Waals surface area contributed by atoms with E-state index in [9.17, 15) is 56.0 Å². The highest BCUT2D eigenvalue weighted by molar-refractivity contribution is 6.07. The van der Waals surface area contributed by atoms with Crippen LogP contribution in [-0.4, -0.2) is 44.3 Å². The predicted octanol–water partition coefficient (Wildman–Crippen LogP) is 5.60. The number of halogens is 6. The van der Waals surface area contributed by atoms with E-state index >= 15 is 0 Å². The number of nitrogens with one attached hydrogen (secondary N) is 2. The van der Waals surface area contributed by atoms with Gasteiger partial charge in [0.05, 0.1) is 11.1 Å². The van der Waals surface area contributed by atoms with Crippen LogP contribution in [-0.2, 0) is 26.7 Å². The van der Waals surface area contributed by atoms with E-state index < -0.39 is 76.5 Å². The molecule has 0 aliphatic rings. The number of carboxylic acids is 1.